The van der Waals surface area contributed by atoms with Crippen LogP contribution in [0.2, 0.25) is 0 Å². The Morgan fingerprint density at radius 1 is 0.216 bits per heavy atom. The van der Waals surface area contributed by atoms with Crippen molar-refractivity contribution in [2.24, 2.45) is 0 Å². The first-order valence-electron chi connectivity index (χ1n) is 17.4. The van der Waals surface area contributed by atoms with Gasteiger partial charge < -0.3 is 14.7 Å². The van der Waals surface area contributed by atoms with Crippen LogP contribution in [0, 0.1) is 0 Å². The molecule has 0 fully saturated rings. The molecule has 0 saturated carbocycles. The summed E-state index contributed by atoms with van der Waals surface area (Å²) in [4.78, 5) is 8.47. The van der Waals surface area contributed by atoms with E-state index in [1.54, 1.807) is 0 Å². The molecule has 0 heterocycles. The predicted molar refractivity (Wildman–Crippen MR) is 170 cm³/mol. The van der Waals surface area contributed by atoms with Crippen LogP contribution in [-0.2, 0) is 0 Å². The summed E-state index contributed by atoms with van der Waals surface area (Å²) in [5.41, 5.74) is 0. The third-order valence-electron chi connectivity index (χ3n) is 8.10. The molecule has 0 aliphatic rings. The molecule has 0 N–H and O–H groups in total. The highest BCUT2D eigenvalue weighted by Gasteiger charge is 2.12. The molecule has 0 aliphatic carbocycles. The highest BCUT2D eigenvalue weighted by atomic mass is 15.2. The molecule has 224 valence electrons. The van der Waals surface area contributed by atoms with E-state index in [-0.39, 0.29) is 0 Å². The van der Waals surface area contributed by atoms with Gasteiger partial charge in [0.15, 0.2) is 0 Å². The van der Waals surface area contributed by atoms with E-state index in [1.165, 1.54) is 187 Å². The van der Waals surface area contributed by atoms with Crippen molar-refractivity contribution in [2.45, 2.75) is 163 Å². The van der Waals surface area contributed by atoms with Crippen LogP contribution in [0.15, 0.2) is 0 Å². The molecule has 0 amide bonds. The lowest BCUT2D eigenvalue weighted by molar-refractivity contribution is 0.168. The van der Waals surface area contributed by atoms with E-state index < -0.39 is 0 Å². The van der Waals surface area contributed by atoms with Gasteiger partial charge in [0.05, 0.1) is 0 Å². The summed E-state index contributed by atoms with van der Waals surface area (Å²) in [7, 11) is 0. The first-order valence-corrected chi connectivity index (χ1v) is 17.4. The van der Waals surface area contributed by atoms with Gasteiger partial charge in [0, 0.05) is 26.2 Å². The van der Waals surface area contributed by atoms with Crippen LogP contribution in [0.4, 0.5) is 0 Å². The van der Waals surface area contributed by atoms with Crippen LogP contribution in [0.5, 0.6) is 0 Å². The number of nitrogens with zero attached hydrogens (tertiary/aromatic N) is 3. The molecule has 0 aliphatic heterocycles. The van der Waals surface area contributed by atoms with Crippen molar-refractivity contribution in [3.05, 3.63) is 0 Å². The van der Waals surface area contributed by atoms with Crippen LogP contribution in [-0.4, -0.2) is 73.6 Å². The number of rotatable bonds is 31. The van der Waals surface area contributed by atoms with Crippen molar-refractivity contribution in [2.75, 3.05) is 58.9 Å². The standard InChI is InChI=1S/C34H73N3/c1-6-11-16-21-26-35(27-22-17-12-7-2)31-33-37(30-25-20-15-10-5)34-32-36(28-23-18-13-8-3)29-24-19-14-9-4/h6-34H2,1-5H3. The van der Waals surface area contributed by atoms with Gasteiger partial charge in [-0.2, -0.15) is 0 Å². The fourth-order valence-electron chi connectivity index (χ4n) is 5.38. The second kappa shape index (κ2) is 30.4. The molecule has 0 aromatic heterocycles. The second-order valence-corrected chi connectivity index (χ2v) is 11.8. The van der Waals surface area contributed by atoms with Gasteiger partial charge in [0.1, 0.15) is 0 Å². The first-order chi connectivity index (χ1) is 18.2. The lowest BCUT2D eigenvalue weighted by Crippen LogP contribution is -2.41. The molecule has 0 aromatic carbocycles. The van der Waals surface area contributed by atoms with Crippen molar-refractivity contribution in [1.82, 2.24) is 14.7 Å². The zero-order chi connectivity index (χ0) is 27.2. The van der Waals surface area contributed by atoms with E-state index >= 15 is 0 Å². The molecule has 3 nitrogen and oxygen atoms in total. The number of hydrogen-bond acceptors (Lipinski definition) is 3. The Labute approximate surface area is 236 Å². The van der Waals surface area contributed by atoms with Crippen LogP contribution >= 0.6 is 0 Å². The molecular weight excluding hydrogens is 450 g/mol. The van der Waals surface area contributed by atoms with E-state index in [0.29, 0.717) is 0 Å². The third kappa shape index (κ3) is 25.9. The van der Waals surface area contributed by atoms with Gasteiger partial charge in [-0.15, -0.1) is 0 Å². The molecule has 0 aromatic rings. The monoisotopic (exact) mass is 524 g/mol. The second-order valence-electron chi connectivity index (χ2n) is 11.8. The van der Waals surface area contributed by atoms with E-state index in [4.69, 9.17) is 0 Å². The first kappa shape index (κ1) is 36.9. The van der Waals surface area contributed by atoms with Crippen molar-refractivity contribution in [1.29, 1.82) is 0 Å². The summed E-state index contributed by atoms with van der Waals surface area (Å²) in [5, 5.41) is 0. The Bertz CT molecular complexity index is 358. The van der Waals surface area contributed by atoms with Gasteiger partial charge in [-0.3, -0.25) is 0 Å². The minimum atomic E-state index is 1.27. The average Bonchev–Trinajstić information content (AvgIpc) is 2.91. The fraction of sp³-hybridized carbons (Fsp3) is 1.00. The summed E-state index contributed by atoms with van der Waals surface area (Å²) < 4.78 is 0. The van der Waals surface area contributed by atoms with Crippen LogP contribution in [0.1, 0.15) is 163 Å². The highest BCUT2D eigenvalue weighted by molar-refractivity contribution is 4.68. The summed E-state index contributed by atoms with van der Waals surface area (Å²) in [6.45, 7) is 23.3. The van der Waals surface area contributed by atoms with Crippen molar-refractivity contribution >= 4 is 0 Å². The quantitative estimate of drug-likeness (QED) is 0.0837. The van der Waals surface area contributed by atoms with Crippen LogP contribution in [0.25, 0.3) is 0 Å². The third-order valence-corrected chi connectivity index (χ3v) is 8.10. The summed E-state index contributed by atoms with van der Waals surface area (Å²) >= 11 is 0. The van der Waals surface area contributed by atoms with Crippen LogP contribution in [0.3, 0.4) is 0 Å². The van der Waals surface area contributed by atoms with Gasteiger partial charge in [-0.25, -0.2) is 0 Å². The molecule has 0 atom stereocenters. The minimum Gasteiger partial charge on any atom is -0.302 e. The molecular formula is C34H73N3. The summed E-state index contributed by atoms with van der Waals surface area (Å²) in [6, 6.07) is 0. The van der Waals surface area contributed by atoms with Gasteiger partial charge in [-0.1, -0.05) is 131 Å². The van der Waals surface area contributed by atoms with E-state index in [9.17, 15) is 0 Å². The molecule has 0 rings (SSSR count). The number of unbranched alkanes of at least 4 members (excludes halogenated alkanes) is 15. The largest absolute Gasteiger partial charge is 0.302 e. The minimum absolute atomic E-state index is 1.27. The van der Waals surface area contributed by atoms with Gasteiger partial charge in [-0.05, 0) is 64.8 Å². The molecule has 37 heavy (non-hydrogen) atoms. The van der Waals surface area contributed by atoms with Crippen molar-refractivity contribution < 1.29 is 0 Å². The lowest BCUT2D eigenvalue weighted by Gasteiger charge is -2.30. The Balaban J connectivity index is 4.87. The van der Waals surface area contributed by atoms with Crippen molar-refractivity contribution in [3.8, 4) is 0 Å². The van der Waals surface area contributed by atoms with Crippen molar-refractivity contribution in [3.63, 3.8) is 0 Å². The van der Waals surface area contributed by atoms with Crippen LogP contribution < -0.4 is 0 Å². The highest BCUT2D eigenvalue weighted by Crippen LogP contribution is 2.09. The Hall–Kier alpha value is -0.120. The molecule has 0 unspecified atom stereocenters. The van der Waals surface area contributed by atoms with Gasteiger partial charge in [0.2, 0.25) is 0 Å². The zero-order valence-corrected chi connectivity index (χ0v) is 26.8. The van der Waals surface area contributed by atoms with Gasteiger partial charge >= 0.3 is 0 Å². The van der Waals surface area contributed by atoms with Gasteiger partial charge in [0.25, 0.3) is 0 Å². The average molecular weight is 524 g/mol. The van der Waals surface area contributed by atoms with E-state index in [1.807, 2.05) is 0 Å². The maximum Gasteiger partial charge on any atom is 0.0110 e. The molecule has 3 heteroatoms. The molecule has 0 bridgehead atoms. The molecule has 0 spiro atoms. The predicted octanol–water partition coefficient (Wildman–Crippen LogP) is 9.79. The fourth-order valence-corrected chi connectivity index (χ4v) is 5.38. The molecule has 0 radical (unpaired) electrons. The Morgan fingerprint density at radius 2 is 0.405 bits per heavy atom. The zero-order valence-electron chi connectivity index (χ0n) is 26.8. The SMILES string of the molecule is CCCCCCN(CCCCCC)CCN(CCCCCC)CCN(CCCCCC)CCCCCC. The van der Waals surface area contributed by atoms with E-state index in [0.717, 1.165) is 0 Å². The summed E-state index contributed by atoms with van der Waals surface area (Å²) in [6.07, 6.45) is 27.7. The molecule has 0 saturated heterocycles. The lowest BCUT2D eigenvalue weighted by atomic mass is 10.1. The Kier molecular flexibility index (Phi) is 30.3. The van der Waals surface area contributed by atoms with E-state index in [2.05, 4.69) is 49.3 Å². The normalized spacial score (nSPS) is 12.0. The number of hydrogen-bond donors (Lipinski definition) is 0. The maximum atomic E-state index is 2.84. The summed E-state index contributed by atoms with van der Waals surface area (Å²) in [5.74, 6) is 0. The Morgan fingerprint density at radius 3 is 0.595 bits per heavy atom. The maximum absolute atomic E-state index is 2.84. The topological polar surface area (TPSA) is 9.72 Å². The smallest absolute Gasteiger partial charge is 0.0110 e.